The van der Waals surface area contributed by atoms with Crippen molar-refractivity contribution < 1.29 is 24.0 Å². The summed E-state index contributed by atoms with van der Waals surface area (Å²) in [7, 11) is -4.37. The number of hydrogen-bond acceptors (Lipinski definition) is 3. The van der Waals surface area contributed by atoms with Gasteiger partial charge in [-0.1, -0.05) is 0 Å². The van der Waals surface area contributed by atoms with Crippen LogP contribution in [0.4, 0.5) is 0 Å². The molecule has 15 heavy (non-hydrogen) atoms. The fourth-order valence-electron chi connectivity index (χ4n) is 1.17. The predicted molar refractivity (Wildman–Crippen MR) is 54.9 cm³/mol. The van der Waals surface area contributed by atoms with E-state index < -0.39 is 7.82 Å². The molecule has 0 aliphatic carbocycles. The zero-order valence-electron chi connectivity index (χ0n) is 9.13. The van der Waals surface area contributed by atoms with Crippen LogP contribution in [-0.4, -0.2) is 47.0 Å². The number of hydrogen-bond donors (Lipinski definition) is 2. The molecule has 0 atom stereocenters. The van der Waals surface area contributed by atoms with Crippen molar-refractivity contribution in [3.63, 3.8) is 0 Å². The first-order valence-electron chi connectivity index (χ1n) is 4.89. The maximum absolute atomic E-state index is 10.4. The molecule has 0 saturated carbocycles. The summed E-state index contributed by atoms with van der Waals surface area (Å²) < 4.78 is 14.7. The zero-order valence-corrected chi connectivity index (χ0v) is 10.0. The third-order valence-electron chi connectivity index (χ3n) is 1.96. The first-order valence-corrected chi connectivity index (χ1v) is 6.42. The van der Waals surface area contributed by atoms with Crippen LogP contribution in [0.15, 0.2) is 0 Å². The van der Waals surface area contributed by atoms with Crippen LogP contribution in [0.3, 0.4) is 0 Å². The minimum Gasteiger partial charge on any atom is -0.303 e. The van der Waals surface area contributed by atoms with E-state index in [0.29, 0.717) is 19.5 Å². The quantitative estimate of drug-likeness (QED) is 0.607. The lowest BCUT2D eigenvalue weighted by atomic mass is 10.3. The molecule has 0 aromatic rings. The SMILES string of the molecule is CC(C)N(CCC[O])CCOP(=O)(O)O. The molecule has 0 amide bonds. The van der Waals surface area contributed by atoms with Crippen molar-refractivity contribution in [3.8, 4) is 0 Å². The third kappa shape index (κ3) is 8.99. The summed E-state index contributed by atoms with van der Waals surface area (Å²) in [5.74, 6) is 0. The van der Waals surface area contributed by atoms with E-state index in [1.165, 1.54) is 0 Å². The molecule has 0 bridgehead atoms. The average molecular weight is 240 g/mol. The van der Waals surface area contributed by atoms with Gasteiger partial charge in [0, 0.05) is 19.1 Å². The Hall–Kier alpha value is 0.0300. The average Bonchev–Trinajstić information content (AvgIpc) is 2.08. The number of phosphoric ester groups is 1. The van der Waals surface area contributed by atoms with Gasteiger partial charge in [-0.3, -0.25) is 9.42 Å². The summed E-state index contributed by atoms with van der Waals surface area (Å²) in [5, 5.41) is 10.3. The van der Waals surface area contributed by atoms with Crippen molar-refractivity contribution in [1.29, 1.82) is 0 Å². The Morgan fingerprint density at radius 1 is 1.33 bits per heavy atom. The lowest BCUT2D eigenvalue weighted by Gasteiger charge is -2.25. The highest BCUT2D eigenvalue weighted by molar-refractivity contribution is 7.46. The van der Waals surface area contributed by atoms with Gasteiger partial charge in [0.05, 0.1) is 13.2 Å². The Bertz CT molecular complexity index is 205. The van der Waals surface area contributed by atoms with Crippen LogP contribution in [0.1, 0.15) is 20.3 Å². The summed E-state index contributed by atoms with van der Waals surface area (Å²) in [6.45, 7) is 4.81. The summed E-state index contributed by atoms with van der Waals surface area (Å²) >= 11 is 0. The number of rotatable bonds is 8. The van der Waals surface area contributed by atoms with E-state index in [9.17, 15) is 9.67 Å². The number of nitrogens with zero attached hydrogens (tertiary/aromatic N) is 1. The second-order valence-corrected chi connectivity index (χ2v) is 4.75. The molecule has 0 aromatic carbocycles. The normalized spacial score (nSPS) is 12.7. The first kappa shape index (κ1) is 15.0. The number of phosphoric acid groups is 1. The van der Waals surface area contributed by atoms with Gasteiger partial charge in [0.1, 0.15) is 0 Å². The van der Waals surface area contributed by atoms with Crippen molar-refractivity contribution in [2.45, 2.75) is 26.3 Å². The molecule has 91 valence electrons. The maximum atomic E-state index is 10.4. The second-order valence-electron chi connectivity index (χ2n) is 3.51. The predicted octanol–water partition coefficient (Wildman–Crippen LogP) is 0.627. The Kier molecular flexibility index (Phi) is 7.34. The smallest absolute Gasteiger partial charge is 0.303 e. The second kappa shape index (κ2) is 7.33. The molecule has 0 heterocycles. The fourth-order valence-corrected chi connectivity index (χ4v) is 1.49. The highest BCUT2D eigenvalue weighted by Crippen LogP contribution is 2.35. The van der Waals surface area contributed by atoms with Crippen LogP contribution < -0.4 is 0 Å². The minimum absolute atomic E-state index is 0.0265. The molecule has 2 N–H and O–H groups in total. The highest BCUT2D eigenvalue weighted by Gasteiger charge is 2.15. The Morgan fingerprint density at radius 3 is 2.33 bits per heavy atom. The Morgan fingerprint density at radius 2 is 1.93 bits per heavy atom. The lowest BCUT2D eigenvalue weighted by molar-refractivity contribution is 0.124. The largest absolute Gasteiger partial charge is 0.469 e. The molecule has 0 aliphatic rings. The van der Waals surface area contributed by atoms with Crippen LogP contribution >= 0.6 is 7.82 Å². The summed E-state index contributed by atoms with van der Waals surface area (Å²) in [6, 6.07) is 0.233. The van der Waals surface area contributed by atoms with Crippen molar-refractivity contribution in [2.24, 2.45) is 0 Å². The van der Waals surface area contributed by atoms with Gasteiger partial charge in [-0.25, -0.2) is 9.67 Å². The fraction of sp³-hybridized carbons (Fsp3) is 1.00. The van der Waals surface area contributed by atoms with Gasteiger partial charge in [0.15, 0.2) is 0 Å². The van der Waals surface area contributed by atoms with Crippen LogP contribution in [0.5, 0.6) is 0 Å². The van der Waals surface area contributed by atoms with Crippen molar-refractivity contribution in [3.05, 3.63) is 0 Å². The molecule has 0 aliphatic heterocycles. The standard InChI is InChI=1S/C8H19NO5P/c1-8(2)9(4-3-6-10)5-7-14-15(11,12)13/h8H,3-7H2,1-2H3,(H2,11,12,13). The molecule has 0 rings (SSSR count). The van der Waals surface area contributed by atoms with E-state index in [-0.39, 0.29) is 19.3 Å². The van der Waals surface area contributed by atoms with Crippen LogP contribution in [0.2, 0.25) is 0 Å². The molecular formula is C8H19NO5P. The molecule has 0 unspecified atom stereocenters. The molecule has 7 heteroatoms. The van der Waals surface area contributed by atoms with E-state index in [1.807, 2.05) is 18.7 Å². The van der Waals surface area contributed by atoms with Gasteiger partial charge in [0.2, 0.25) is 0 Å². The van der Waals surface area contributed by atoms with Crippen LogP contribution in [0.25, 0.3) is 0 Å². The summed E-state index contributed by atoms with van der Waals surface area (Å²) in [5.41, 5.74) is 0. The van der Waals surface area contributed by atoms with Gasteiger partial charge in [-0.05, 0) is 20.3 Å². The molecule has 0 aromatic heterocycles. The van der Waals surface area contributed by atoms with Gasteiger partial charge >= 0.3 is 7.82 Å². The lowest BCUT2D eigenvalue weighted by Crippen LogP contribution is -2.35. The summed E-state index contributed by atoms with van der Waals surface area (Å²) in [6.07, 6.45) is 0.536. The van der Waals surface area contributed by atoms with E-state index in [4.69, 9.17) is 9.79 Å². The van der Waals surface area contributed by atoms with Crippen molar-refractivity contribution in [1.82, 2.24) is 4.90 Å². The Balaban J connectivity index is 3.81. The van der Waals surface area contributed by atoms with Gasteiger partial charge in [-0.15, -0.1) is 0 Å². The molecule has 6 nitrogen and oxygen atoms in total. The first-order chi connectivity index (χ1) is 6.87. The molecular weight excluding hydrogens is 221 g/mol. The summed E-state index contributed by atoms with van der Waals surface area (Å²) in [4.78, 5) is 18.9. The van der Waals surface area contributed by atoms with Crippen LogP contribution in [-0.2, 0) is 14.2 Å². The Labute approximate surface area is 90.1 Å². The van der Waals surface area contributed by atoms with Gasteiger partial charge in [-0.2, -0.15) is 0 Å². The minimum atomic E-state index is -4.37. The third-order valence-corrected chi connectivity index (χ3v) is 2.48. The zero-order chi connectivity index (χ0) is 11.9. The van der Waals surface area contributed by atoms with E-state index in [2.05, 4.69) is 4.52 Å². The topological polar surface area (TPSA) is 89.9 Å². The van der Waals surface area contributed by atoms with Crippen molar-refractivity contribution in [2.75, 3.05) is 26.3 Å². The molecule has 0 saturated heterocycles. The van der Waals surface area contributed by atoms with Crippen LogP contribution in [0, 0.1) is 0 Å². The molecule has 0 spiro atoms. The van der Waals surface area contributed by atoms with Gasteiger partial charge < -0.3 is 9.79 Å². The molecule has 0 fully saturated rings. The molecule has 1 radical (unpaired) electrons. The van der Waals surface area contributed by atoms with Crippen molar-refractivity contribution >= 4 is 7.82 Å². The van der Waals surface area contributed by atoms with E-state index in [1.54, 1.807) is 0 Å². The monoisotopic (exact) mass is 240 g/mol. The van der Waals surface area contributed by atoms with E-state index in [0.717, 1.165) is 0 Å². The maximum Gasteiger partial charge on any atom is 0.469 e. The highest BCUT2D eigenvalue weighted by atomic mass is 31.2. The van der Waals surface area contributed by atoms with E-state index >= 15 is 0 Å². The van der Waals surface area contributed by atoms with Gasteiger partial charge in [0.25, 0.3) is 0 Å².